The van der Waals surface area contributed by atoms with Crippen LogP contribution in [0, 0.1) is 17.8 Å². The first-order valence-corrected chi connectivity index (χ1v) is 4.75. The smallest absolute Gasteiger partial charge is 0.00460 e. The van der Waals surface area contributed by atoms with E-state index in [0.29, 0.717) is 0 Å². The standard InChI is InChI=1S/C10H17N/c1-2-8-7-9-3-5-11-6-4-10(8)9/h2,8-11H,1,3-7H2. The molecule has 62 valence electrons. The van der Waals surface area contributed by atoms with E-state index in [1.807, 2.05) is 0 Å². The van der Waals surface area contributed by atoms with Crippen LogP contribution in [0.1, 0.15) is 19.3 Å². The van der Waals surface area contributed by atoms with Crippen molar-refractivity contribution in [3.05, 3.63) is 12.7 Å². The number of rotatable bonds is 1. The van der Waals surface area contributed by atoms with E-state index in [1.54, 1.807) is 0 Å². The Labute approximate surface area is 68.9 Å². The van der Waals surface area contributed by atoms with E-state index in [1.165, 1.54) is 32.4 Å². The van der Waals surface area contributed by atoms with Crippen molar-refractivity contribution < 1.29 is 0 Å². The topological polar surface area (TPSA) is 12.0 Å². The Morgan fingerprint density at radius 3 is 2.91 bits per heavy atom. The molecule has 0 aromatic rings. The van der Waals surface area contributed by atoms with Crippen LogP contribution in [0.25, 0.3) is 0 Å². The zero-order valence-corrected chi connectivity index (χ0v) is 7.05. The number of allylic oxidation sites excluding steroid dienone is 1. The zero-order valence-electron chi connectivity index (χ0n) is 7.05. The maximum atomic E-state index is 3.88. The Morgan fingerprint density at radius 1 is 1.27 bits per heavy atom. The summed E-state index contributed by atoms with van der Waals surface area (Å²) >= 11 is 0. The summed E-state index contributed by atoms with van der Waals surface area (Å²) in [5, 5.41) is 3.46. The molecule has 3 unspecified atom stereocenters. The van der Waals surface area contributed by atoms with Gasteiger partial charge in [0.15, 0.2) is 0 Å². The predicted molar refractivity (Wildman–Crippen MR) is 47.4 cm³/mol. The summed E-state index contributed by atoms with van der Waals surface area (Å²) in [6.45, 7) is 6.35. The molecule has 1 aliphatic carbocycles. The van der Waals surface area contributed by atoms with Crippen LogP contribution in [0.15, 0.2) is 12.7 Å². The summed E-state index contributed by atoms with van der Waals surface area (Å²) in [7, 11) is 0. The third kappa shape index (κ3) is 1.22. The van der Waals surface area contributed by atoms with Gasteiger partial charge in [-0.1, -0.05) is 6.08 Å². The minimum absolute atomic E-state index is 0.847. The van der Waals surface area contributed by atoms with Gasteiger partial charge < -0.3 is 5.32 Å². The molecule has 3 atom stereocenters. The number of nitrogens with one attached hydrogen (secondary N) is 1. The van der Waals surface area contributed by atoms with Crippen molar-refractivity contribution in [2.45, 2.75) is 19.3 Å². The van der Waals surface area contributed by atoms with Gasteiger partial charge in [0.1, 0.15) is 0 Å². The first kappa shape index (κ1) is 7.35. The molecule has 0 aromatic heterocycles. The highest BCUT2D eigenvalue weighted by Crippen LogP contribution is 2.45. The van der Waals surface area contributed by atoms with E-state index in [0.717, 1.165) is 17.8 Å². The lowest BCUT2D eigenvalue weighted by Crippen LogP contribution is -2.35. The second-order valence-electron chi connectivity index (χ2n) is 3.89. The van der Waals surface area contributed by atoms with E-state index in [9.17, 15) is 0 Å². The summed E-state index contributed by atoms with van der Waals surface area (Å²) in [6, 6.07) is 0. The van der Waals surface area contributed by atoms with Crippen molar-refractivity contribution in [2.75, 3.05) is 13.1 Å². The average molecular weight is 151 g/mol. The van der Waals surface area contributed by atoms with Crippen molar-refractivity contribution in [1.82, 2.24) is 5.32 Å². The van der Waals surface area contributed by atoms with Crippen molar-refractivity contribution in [2.24, 2.45) is 17.8 Å². The lowest BCUT2D eigenvalue weighted by molar-refractivity contribution is 0.105. The van der Waals surface area contributed by atoms with Crippen molar-refractivity contribution in [3.8, 4) is 0 Å². The fourth-order valence-corrected chi connectivity index (χ4v) is 2.59. The van der Waals surface area contributed by atoms with Gasteiger partial charge in [-0.15, -0.1) is 6.58 Å². The van der Waals surface area contributed by atoms with Gasteiger partial charge in [-0.3, -0.25) is 0 Å². The molecule has 0 bridgehead atoms. The van der Waals surface area contributed by atoms with Crippen LogP contribution in [0.4, 0.5) is 0 Å². The average Bonchev–Trinajstić information content (AvgIpc) is 2.15. The molecule has 2 rings (SSSR count). The van der Waals surface area contributed by atoms with Gasteiger partial charge in [-0.2, -0.15) is 0 Å². The number of hydrogen-bond acceptors (Lipinski definition) is 1. The largest absolute Gasteiger partial charge is 0.317 e. The molecule has 1 heterocycles. The molecule has 0 spiro atoms. The molecule has 2 fully saturated rings. The van der Waals surface area contributed by atoms with E-state index >= 15 is 0 Å². The van der Waals surface area contributed by atoms with Gasteiger partial charge in [-0.25, -0.2) is 0 Å². The third-order valence-corrected chi connectivity index (χ3v) is 3.38. The number of hydrogen-bond donors (Lipinski definition) is 1. The van der Waals surface area contributed by atoms with E-state index < -0.39 is 0 Å². The first-order chi connectivity index (χ1) is 5.42. The summed E-state index contributed by atoms with van der Waals surface area (Å²) in [6.07, 6.45) is 6.35. The minimum Gasteiger partial charge on any atom is -0.317 e. The predicted octanol–water partition coefficient (Wildman–Crippen LogP) is 1.81. The van der Waals surface area contributed by atoms with Crippen LogP contribution in [-0.4, -0.2) is 13.1 Å². The molecular formula is C10H17N. The molecule has 11 heavy (non-hydrogen) atoms. The first-order valence-electron chi connectivity index (χ1n) is 4.75. The van der Waals surface area contributed by atoms with Gasteiger partial charge in [0, 0.05) is 0 Å². The van der Waals surface area contributed by atoms with E-state index in [4.69, 9.17) is 0 Å². The normalized spacial score (nSPS) is 43.5. The Kier molecular flexibility index (Phi) is 1.99. The Bertz CT molecular complexity index is 153. The van der Waals surface area contributed by atoms with Gasteiger partial charge in [0.25, 0.3) is 0 Å². The molecule has 1 saturated carbocycles. The van der Waals surface area contributed by atoms with Crippen molar-refractivity contribution in [1.29, 1.82) is 0 Å². The fourth-order valence-electron chi connectivity index (χ4n) is 2.59. The van der Waals surface area contributed by atoms with Crippen molar-refractivity contribution >= 4 is 0 Å². The molecule has 1 heteroatoms. The second-order valence-corrected chi connectivity index (χ2v) is 3.89. The quantitative estimate of drug-likeness (QED) is 0.564. The molecule has 0 amide bonds. The van der Waals surface area contributed by atoms with Gasteiger partial charge in [0.05, 0.1) is 0 Å². The van der Waals surface area contributed by atoms with Crippen LogP contribution in [0.5, 0.6) is 0 Å². The molecule has 1 aliphatic heterocycles. The van der Waals surface area contributed by atoms with Crippen LogP contribution in [0.2, 0.25) is 0 Å². The SMILES string of the molecule is C=CC1CC2CCNCCC12. The van der Waals surface area contributed by atoms with Crippen molar-refractivity contribution in [3.63, 3.8) is 0 Å². The van der Waals surface area contributed by atoms with Gasteiger partial charge in [-0.05, 0) is 50.1 Å². The monoisotopic (exact) mass is 151 g/mol. The lowest BCUT2D eigenvalue weighted by atomic mass is 9.63. The molecule has 0 aromatic carbocycles. The second kappa shape index (κ2) is 2.98. The molecule has 0 radical (unpaired) electrons. The molecule has 1 saturated heterocycles. The van der Waals surface area contributed by atoms with E-state index in [2.05, 4.69) is 18.0 Å². The summed E-state index contributed by atoms with van der Waals surface area (Å²) < 4.78 is 0. The maximum absolute atomic E-state index is 3.88. The number of fused-ring (bicyclic) bond motifs is 1. The zero-order chi connectivity index (χ0) is 7.68. The minimum atomic E-state index is 0.847. The van der Waals surface area contributed by atoms with Crippen LogP contribution in [0.3, 0.4) is 0 Å². The Morgan fingerprint density at radius 2 is 2.09 bits per heavy atom. The highest BCUT2D eigenvalue weighted by molar-refractivity contribution is 4.98. The van der Waals surface area contributed by atoms with Crippen LogP contribution >= 0.6 is 0 Å². The Hall–Kier alpha value is -0.300. The highest BCUT2D eigenvalue weighted by atomic mass is 14.9. The summed E-state index contributed by atoms with van der Waals surface area (Å²) in [5.41, 5.74) is 0. The highest BCUT2D eigenvalue weighted by Gasteiger charge is 2.38. The molecule has 2 aliphatic rings. The molecular weight excluding hydrogens is 134 g/mol. The molecule has 1 N–H and O–H groups in total. The third-order valence-electron chi connectivity index (χ3n) is 3.38. The Balaban J connectivity index is 1.94. The van der Waals surface area contributed by atoms with Gasteiger partial charge in [0.2, 0.25) is 0 Å². The van der Waals surface area contributed by atoms with Crippen LogP contribution < -0.4 is 5.32 Å². The summed E-state index contributed by atoms with van der Waals surface area (Å²) in [4.78, 5) is 0. The van der Waals surface area contributed by atoms with Crippen LogP contribution in [-0.2, 0) is 0 Å². The fraction of sp³-hybridized carbons (Fsp3) is 0.800. The lowest BCUT2D eigenvalue weighted by Gasteiger charge is -2.42. The summed E-state index contributed by atoms with van der Waals surface area (Å²) in [5.74, 6) is 2.84. The van der Waals surface area contributed by atoms with E-state index in [-0.39, 0.29) is 0 Å². The van der Waals surface area contributed by atoms with Gasteiger partial charge >= 0.3 is 0 Å². The molecule has 1 nitrogen and oxygen atoms in total. The maximum Gasteiger partial charge on any atom is -0.00460 e.